The summed E-state index contributed by atoms with van der Waals surface area (Å²) >= 11 is 0. The third-order valence-electron chi connectivity index (χ3n) is 2.25. The van der Waals surface area contributed by atoms with E-state index in [4.69, 9.17) is 5.53 Å². The summed E-state index contributed by atoms with van der Waals surface area (Å²) in [4.78, 5) is 19.0. The first kappa shape index (κ1) is 9.36. The van der Waals surface area contributed by atoms with Gasteiger partial charge in [-0.25, -0.2) is 4.79 Å². The summed E-state index contributed by atoms with van der Waals surface area (Å²) in [6.45, 7) is 1.80. The van der Waals surface area contributed by atoms with Crippen LogP contribution in [0.5, 0.6) is 0 Å². The first-order valence-corrected chi connectivity index (χ1v) is 4.47. The lowest BCUT2D eigenvalue weighted by atomic mass is 10.1. The van der Waals surface area contributed by atoms with Crippen LogP contribution in [0.25, 0.3) is 21.5 Å². The summed E-state index contributed by atoms with van der Waals surface area (Å²) in [6, 6.07) is 5.17. The Morgan fingerprint density at radius 3 is 2.87 bits per heavy atom. The molecule has 6 heteroatoms. The summed E-state index contributed by atoms with van der Waals surface area (Å²) < 4.78 is 0. The number of benzene rings is 1. The monoisotopic (exact) mass is 203 g/mol. The summed E-state index contributed by atoms with van der Waals surface area (Å²) in [5.41, 5.74) is 10.4. The molecular weight excluding hydrogens is 194 g/mol. The number of rotatable bonds is 2. The van der Waals surface area contributed by atoms with E-state index in [0.717, 1.165) is 16.6 Å². The van der Waals surface area contributed by atoms with Crippen molar-refractivity contribution in [2.75, 3.05) is 0 Å². The van der Waals surface area contributed by atoms with Crippen LogP contribution >= 0.6 is 0 Å². The third-order valence-corrected chi connectivity index (χ3v) is 2.25. The minimum Gasteiger partial charge on any atom is -0.306 e. The van der Waals surface area contributed by atoms with Gasteiger partial charge in [-0.2, -0.15) is 0 Å². The van der Waals surface area contributed by atoms with Gasteiger partial charge in [-0.05, 0) is 23.2 Å². The van der Waals surface area contributed by atoms with Crippen LogP contribution in [0.15, 0.2) is 28.1 Å². The van der Waals surface area contributed by atoms with Crippen molar-refractivity contribution in [3.63, 3.8) is 0 Å². The molecule has 0 aliphatic heterocycles. The predicted molar refractivity (Wildman–Crippen MR) is 56.5 cm³/mol. The van der Waals surface area contributed by atoms with Gasteiger partial charge in [0.05, 0.1) is 17.1 Å². The highest BCUT2D eigenvalue weighted by Gasteiger charge is 2.04. The van der Waals surface area contributed by atoms with Gasteiger partial charge in [0, 0.05) is 4.91 Å². The number of nitrogens with zero attached hydrogens (tertiary/aromatic N) is 3. The number of H-pyrrole nitrogens is 2. The summed E-state index contributed by atoms with van der Waals surface area (Å²) in [6.07, 6.45) is 0. The summed E-state index contributed by atoms with van der Waals surface area (Å²) in [5, 5.41) is 3.59. The maximum Gasteiger partial charge on any atom is 0.323 e. The molecule has 2 N–H and O–H groups in total. The fourth-order valence-electron chi connectivity index (χ4n) is 1.45. The number of fused-ring (bicyclic) bond motifs is 1. The molecule has 1 heterocycles. The zero-order chi connectivity index (χ0) is 10.8. The Labute approximate surface area is 84.6 Å². The van der Waals surface area contributed by atoms with Gasteiger partial charge in [0.1, 0.15) is 0 Å². The SMILES string of the molecule is C[C@H](N=[N+]=[N-])c1ccc2[nH]c(=O)[nH]c2c1. The average molecular weight is 203 g/mol. The Kier molecular flexibility index (Phi) is 2.19. The molecule has 0 amide bonds. The minimum absolute atomic E-state index is 0.237. The molecule has 1 atom stereocenters. The Morgan fingerprint density at radius 1 is 1.40 bits per heavy atom. The second-order valence-electron chi connectivity index (χ2n) is 3.27. The normalized spacial score (nSPS) is 12.3. The molecule has 0 saturated carbocycles. The van der Waals surface area contributed by atoms with E-state index in [0.29, 0.717) is 0 Å². The maximum atomic E-state index is 11.0. The van der Waals surface area contributed by atoms with Crippen molar-refractivity contribution in [1.82, 2.24) is 9.97 Å². The standard InChI is InChI=1S/C9H9N5O/c1-5(13-14-10)6-2-3-7-8(4-6)12-9(15)11-7/h2-5H,1H3,(H2,11,12,15)/t5-/m0/s1. The first-order valence-electron chi connectivity index (χ1n) is 4.47. The number of imidazole rings is 1. The van der Waals surface area contributed by atoms with E-state index in [2.05, 4.69) is 20.0 Å². The van der Waals surface area contributed by atoms with Crippen LogP contribution in [0.1, 0.15) is 18.5 Å². The molecule has 0 aliphatic carbocycles. The van der Waals surface area contributed by atoms with E-state index in [1.807, 2.05) is 6.07 Å². The molecule has 0 fully saturated rings. The van der Waals surface area contributed by atoms with E-state index in [9.17, 15) is 4.79 Å². The van der Waals surface area contributed by atoms with Crippen LogP contribution in [0.2, 0.25) is 0 Å². The van der Waals surface area contributed by atoms with Crippen LogP contribution in [-0.2, 0) is 0 Å². The highest BCUT2D eigenvalue weighted by atomic mass is 16.1. The van der Waals surface area contributed by atoms with Crippen LogP contribution in [0.4, 0.5) is 0 Å². The molecule has 0 saturated heterocycles. The Morgan fingerprint density at radius 2 is 2.13 bits per heavy atom. The van der Waals surface area contributed by atoms with E-state index in [-0.39, 0.29) is 11.7 Å². The van der Waals surface area contributed by atoms with Crippen LogP contribution in [0, 0.1) is 0 Å². The Balaban J connectivity index is 2.54. The lowest BCUT2D eigenvalue weighted by Gasteiger charge is -2.03. The molecule has 6 nitrogen and oxygen atoms in total. The van der Waals surface area contributed by atoms with E-state index < -0.39 is 0 Å². The number of azide groups is 1. The van der Waals surface area contributed by atoms with Crippen molar-refractivity contribution >= 4 is 11.0 Å². The molecule has 2 aromatic rings. The molecule has 1 aromatic carbocycles. The summed E-state index contributed by atoms with van der Waals surface area (Å²) in [7, 11) is 0. The van der Waals surface area contributed by atoms with Gasteiger partial charge in [0.2, 0.25) is 0 Å². The number of aromatic nitrogens is 2. The molecule has 0 radical (unpaired) electrons. The number of hydrogen-bond donors (Lipinski definition) is 2. The molecule has 1 aromatic heterocycles. The summed E-state index contributed by atoms with van der Waals surface area (Å²) in [5.74, 6) is 0. The number of nitrogens with one attached hydrogen (secondary N) is 2. The lowest BCUT2D eigenvalue weighted by Crippen LogP contribution is -1.99. The molecule has 0 aliphatic rings. The van der Waals surface area contributed by atoms with Crippen molar-refractivity contribution in [3.05, 3.63) is 44.7 Å². The van der Waals surface area contributed by atoms with Gasteiger partial charge in [0.15, 0.2) is 0 Å². The van der Waals surface area contributed by atoms with Crippen molar-refractivity contribution in [3.8, 4) is 0 Å². The van der Waals surface area contributed by atoms with Gasteiger partial charge < -0.3 is 9.97 Å². The quantitative estimate of drug-likeness (QED) is 0.436. The molecule has 2 rings (SSSR count). The fourth-order valence-corrected chi connectivity index (χ4v) is 1.45. The van der Waals surface area contributed by atoms with E-state index in [1.165, 1.54) is 0 Å². The lowest BCUT2D eigenvalue weighted by molar-refractivity contribution is 0.809. The molecule has 76 valence electrons. The van der Waals surface area contributed by atoms with Gasteiger partial charge >= 0.3 is 5.69 Å². The molecule has 0 bridgehead atoms. The van der Waals surface area contributed by atoms with Crippen LogP contribution in [0.3, 0.4) is 0 Å². The van der Waals surface area contributed by atoms with Gasteiger partial charge in [0.25, 0.3) is 0 Å². The van der Waals surface area contributed by atoms with Crippen molar-refractivity contribution in [2.24, 2.45) is 5.11 Å². The van der Waals surface area contributed by atoms with Crippen LogP contribution < -0.4 is 5.69 Å². The zero-order valence-electron chi connectivity index (χ0n) is 8.06. The average Bonchev–Trinajstić information content (AvgIpc) is 2.57. The topological polar surface area (TPSA) is 97.4 Å². The predicted octanol–water partition coefficient (Wildman–Crippen LogP) is 2.23. The fraction of sp³-hybridized carbons (Fsp3) is 0.222. The largest absolute Gasteiger partial charge is 0.323 e. The van der Waals surface area contributed by atoms with Gasteiger partial charge in [-0.1, -0.05) is 18.1 Å². The molecule has 0 spiro atoms. The maximum absolute atomic E-state index is 11.0. The smallest absolute Gasteiger partial charge is 0.306 e. The molecule has 0 unspecified atom stereocenters. The second-order valence-corrected chi connectivity index (χ2v) is 3.27. The van der Waals surface area contributed by atoms with E-state index in [1.54, 1.807) is 19.1 Å². The van der Waals surface area contributed by atoms with Crippen molar-refractivity contribution < 1.29 is 0 Å². The van der Waals surface area contributed by atoms with Gasteiger partial charge in [-0.15, -0.1) is 0 Å². The third kappa shape index (κ3) is 1.70. The minimum atomic E-state index is -0.238. The number of hydrogen-bond acceptors (Lipinski definition) is 2. The van der Waals surface area contributed by atoms with Crippen molar-refractivity contribution in [2.45, 2.75) is 13.0 Å². The van der Waals surface area contributed by atoms with Crippen LogP contribution in [-0.4, -0.2) is 9.97 Å². The number of aromatic amines is 2. The zero-order valence-corrected chi connectivity index (χ0v) is 8.06. The van der Waals surface area contributed by atoms with Crippen molar-refractivity contribution in [1.29, 1.82) is 0 Å². The highest BCUT2D eigenvalue weighted by Crippen LogP contribution is 2.19. The highest BCUT2D eigenvalue weighted by molar-refractivity contribution is 5.75. The molecule has 15 heavy (non-hydrogen) atoms. The van der Waals surface area contributed by atoms with Gasteiger partial charge in [-0.3, -0.25) is 0 Å². The Bertz CT molecular complexity index is 590. The second kappa shape index (κ2) is 3.51. The first-order chi connectivity index (χ1) is 7.20. The Hall–Kier alpha value is -2.20. The van der Waals surface area contributed by atoms with E-state index >= 15 is 0 Å². The molecular formula is C9H9N5O.